The number of amides is 2. The Morgan fingerprint density at radius 3 is 2.67 bits per heavy atom. The quantitative estimate of drug-likeness (QED) is 0.675. The highest BCUT2D eigenvalue weighted by molar-refractivity contribution is 14.1. The Balaban J connectivity index is 2.04. The predicted octanol–water partition coefficient (Wildman–Crippen LogP) is 3.69. The second kappa shape index (κ2) is 7.11. The fourth-order valence-electron chi connectivity index (χ4n) is 2.66. The van der Waals surface area contributed by atoms with Crippen molar-refractivity contribution in [2.24, 2.45) is 5.92 Å². The van der Waals surface area contributed by atoms with Crippen molar-refractivity contribution in [3.8, 4) is 0 Å². The Morgan fingerprint density at radius 2 is 2.00 bits per heavy atom. The average Bonchev–Trinajstić information content (AvgIpc) is 2.43. The molecule has 2 rings (SSSR count). The summed E-state index contributed by atoms with van der Waals surface area (Å²) in [5.41, 5.74) is 0.428. The predicted molar refractivity (Wildman–Crippen MR) is 89.7 cm³/mol. The molecule has 114 valence electrons. The molecular formula is C15H19IN2O3. The van der Waals surface area contributed by atoms with Gasteiger partial charge < -0.3 is 15.7 Å². The molecule has 1 saturated carbocycles. The first-order valence-electron chi connectivity index (χ1n) is 7.07. The summed E-state index contributed by atoms with van der Waals surface area (Å²) in [6.07, 6.45) is 4.43. The number of carbonyl (C=O) groups is 2. The lowest BCUT2D eigenvalue weighted by Gasteiger charge is -2.29. The van der Waals surface area contributed by atoms with Crippen molar-refractivity contribution < 1.29 is 14.7 Å². The molecule has 0 saturated heterocycles. The highest BCUT2D eigenvalue weighted by atomic mass is 127. The fraction of sp³-hybridized carbons (Fsp3) is 0.467. The molecule has 0 bridgehead atoms. The minimum absolute atomic E-state index is 0.105. The molecule has 3 N–H and O–H groups in total. The first kappa shape index (κ1) is 16.1. The van der Waals surface area contributed by atoms with Crippen LogP contribution in [0.15, 0.2) is 18.2 Å². The highest BCUT2D eigenvalue weighted by Crippen LogP contribution is 2.24. The maximum atomic E-state index is 12.1. The van der Waals surface area contributed by atoms with E-state index in [0.717, 1.165) is 22.8 Å². The number of halogens is 1. The normalized spacial score (nSPS) is 21.6. The molecule has 2 amide bonds. The summed E-state index contributed by atoms with van der Waals surface area (Å²) in [4.78, 5) is 23.3. The van der Waals surface area contributed by atoms with Crippen LogP contribution < -0.4 is 10.6 Å². The van der Waals surface area contributed by atoms with E-state index in [2.05, 4.69) is 17.6 Å². The molecule has 1 aliphatic carbocycles. The zero-order chi connectivity index (χ0) is 15.4. The topological polar surface area (TPSA) is 78.4 Å². The molecule has 2 unspecified atom stereocenters. The number of benzene rings is 1. The summed E-state index contributed by atoms with van der Waals surface area (Å²) in [7, 11) is 0. The molecule has 1 aromatic carbocycles. The van der Waals surface area contributed by atoms with E-state index >= 15 is 0 Å². The molecule has 0 heterocycles. The molecule has 1 fully saturated rings. The number of aromatic carboxylic acids is 1. The molecule has 0 spiro atoms. The number of rotatable bonds is 3. The Labute approximate surface area is 137 Å². The van der Waals surface area contributed by atoms with E-state index < -0.39 is 5.97 Å². The maximum absolute atomic E-state index is 12.1. The first-order chi connectivity index (χ1) is 9.97. The minimum atomic E-state index is -1.05. The van der Waals surface area contributed by atoms with Gasteiger partial charge in [0.15, 0.2) is 0 Å². The van der Waals surface area contributed by atoms with Gasteiger partial charge in [-0.05, 0) is 59.5 Å². The summed E-state index contributed by atoms with van der Waals surface area (Å²) in [5, 5.41) is 14.8. The SMILES string of the molecule is CC1CCCCC1NC(=O)Nc1ccc(I)cc1C(=O)O. The largest absolute Gasteiger partial charge is 0.478 e. The van der Waals surface area contributed by atoms with Crippen molar-refractivity contribution >= 4 is 40.3 Å². The number of nitrogens with one attached hydrogen (secondary N) is 2. The number of carboxylic acids is 1. The van der Waals surface area contributed by atoms with Crippen LogP contribution in [0.3, 0.4) is 0 Å². The van der Waals surface area contributed by atoms with E-state index in [9.17, 15) is 14.7 Å². The van der Waals surface area contributed by atoms with Crippen LogP contribution in [0.25, 0.3) is 0 Å². The van der Waals surface area contributed by atoms with Gasteiger partial charge in [0.2, 0.25) is 0 Å². The van der Waals surface area contributed by atoms with Gasteiger partial charge >= 0.3 is 12.0 Å². The number of hydrogen-bond donors (Lipinski definition) is 3. The number of hydrogen-bond acceptors (Lipinski definition) is 2. The zero-order valence-electron chi connectivity index (χ0n) is 11.9. The maximum Gasteiger partial charge on any atom is 0.337 e. The Kier molecular flexibility index (Phi) is 5.44. The molecule has 2 atom stereocenters. The minimum Gasteiger partial charge on any atom is -0.478 e. The monoisotopic (exact) mass is 402 g/mol. The first-order valence-corrected chi connectivity index (χ1v) is 8.15. The van der Waals surface area contributed by atoms with Gasteiger partial charge in [0.25, 0.3) is 0 Å². The third-order valence-electron chi connectivity index (χ3n) is 3.89. The van der Waals surface area contributed by atoms with Crippen molar-refractivity contribution in [1.29, 1.82) is 0 Å². The lowest BCUT2D eigenvalue weighted by Crippen LogP contribution is -2.43. The molecule has 1 aromatic rings. The number of carbonyl (C=O) groups excluding carboxylic acids is 1. The van der Waals surface area contributed by atoms with Gasteiger partial charge in [-0.15, -0.1) is 0 Å². The third-order valence-corrected chi connectivity index (χ3v) is 4.56. The summed E-state index contributed by atoms with van der Waals surface area (Å²) >= 11 is 2.04. The molecule has 6 heteroatoms. The van der Waals surface area contributed by atoms with Gasteiger partial charge in [-0.2, -0.15) is 0 Å². The fourth-order valence-corrected chi connectivity index (χ4v) is 3.15. The molecule has 1 aliphatic rings. The molecule has 0 aromatic heterocycles. The van der Waals surface area contributed by atoms with Gasteiger partial charge in [0.05, 0.1) is 11.3 Å². The summed E-state index contributed by atoms with van der Waals surface area (Å²) in [6, 6.07) is 4.76. The standard InChI is InChI=1S/C15H19IN2O3/c1-9-4-2-3-5-12(9)17-15(21)18-13-7-6-10(16)8-11(13)14(19)20/h6-9,12H,2-5H2,1H3,(H,19,20)(H2,17,18,21). The van der Waals surface area contributed by atoms with Crippen molar-refractivity contribution in [3.05, 3.63) is 27.3 Å². The Bertz CT molecular complexity index is 548. The van der Waals surface area contributed by atoms with E-state index in [1.54, 1.807) is 18.2 Å². The van der Waals surface area contributed by atoms with Crippen LogP contribution in [-0.4, -0.2) is 23.1 Å². The van der Waals surface area contributed by atoms with Crippen LogP contribution in [0, 0.1) is 9.49 Å². The van der Waals surface area contributed by atoms with Crippen molar-refractivity contribution in [2.45, 2.75) is 38.6 Å². The van der Waals surface area contributed by atoms with E-state index in [-0.39, 0.29) is 17.6 Å². The summed E-state index contributed by atoms with van der Waals surface area (Å²) in [6.45, 7) is 2.14. The number of carboxylic acid groups (broad SMARTS) is 1. The highest BCUT2D eigenvalue weighted by Gasteiger charge is 2.23. The second-order valence-corrected chi connectivity index (χ2v) is 6.71. The third kappa shape index (κ3) is 4.33. The van der Waals surface area contributed by atoms with E-state index in [0.29, 0.717) is 11.6 Å². The van der Waals surface area contributed by atoms with Crippen LogP contribution in [-0.2, 0) is 0 Å². The van der Waals surface area contributed by atoms with Crippen LogP contribution in [0.4, 0.5) is 10.5 Å². The van der Waals surface area contributed by atoms with Crippen LogP contribution in [0.2, 0.25) is 0 Å². The van der Waals surface area contributed by atoms with E-state index in [1.165, 1.54) is 6.42 Å². The smallest absolute Gasteiger partial charge is 0.337 e. The summed E-state index contributed by atoms with van der Waals surface area (Å²) in [5.74, 6) is -0.588. The van der Waals surface area contributed by atoms with E-state index in [4.69, 9.17) is 0 Å². The Morgan fingerprint density at radius 1 is 1.29 bits per heavy atom. The van der Waals surface area contributed by atoms with Gasteiger partial charge in [-0.1, -0.05) is 19.8 Å². The lowest BCUT2D eigenvalue weighted by molar-refractivity contribution is 0.0698. The van der Waals surface area contributed by atoms with Crippen LogP contribution in [0.5, 0.6) is 0 Å². The molecular weight excluding hydrogens is 383 g/mol. The molecule has 0 radical (unpaired) electrons. The van der Waals surface area contributed by atoms with Gasteiger partial charge in [0.1, 0.15) is 0 Å². The van der Waals surface area contributed by atoms with E-state index in [1.807, 2.05) is 22.6 Å². The van der Waals surface area contributed by atoms with Crippen LogP contribution >= 0.6 is 22.6 Å². The van der Waals surface area contributed by atoms with Gasteiger partial charge in [-0.25, -0.2) is 9.59 Å². The number of urea groups is 1. The second-order valence-electron chi connectivity index (χ2n) is 5.46. The van der Waals surface area contributed by atoms with Crippen molar-refractivity contribution in [3.63, 3.8) is 0 Å². The zero-order valence-corrected chi connectivity index (χ0v) is 14.0. The molecule has 5 nitrogen and oxygen atoms in total. The lowest BCUT2D eigenvalue weighted by atomic mass is 9.86. The molecule has 0 aliphatic heterocycles. The number of anilines is 1. The average molecular weight is 402 g/mol. The van der Waals surface area contributed by atoms with Gasteiger partial charge in [-0.3, -0.25) is 0 Å². The van der Waals surface area contributed by atoms with Crippen molar-refractivity contribution in [2.75, 3.05) is 5.32 Å². The van der Waals surface area contributed by atoms with Crippen LogP contribution in [0.1, 0.15) is 43.0 Å². The Hall–Kier alpha value is -1.31. The van der Waals surface area contributed by atoms with Crippen molar-refractivity contribution in [1.82, 2.24) is 5.32 Å². The summed E-state index contributed by atoms with van der Waals surface area (Å²) < 4.78 is 0.817. The molecule has 21 heavy (non-hydrogen) atoms. The van der Waals surface area contributed by atoms with Gasteiger partial charge in [0, 0.05) is 9.61 Å².